The average molecular weight is 464 g/mol. The van der Waals surface area contributed by atoms with Gasteiger partial charge in [-0.15, -0.1) is 34.2 Å². The number of rotatable bonds is 5. The Morgan fingerprint density at radius 2 is 2.24 bits per heavy atom. The quantitative estimate of drug-likeness (QED) is 0.303. The summed E-state index contributed by atoms with van der Waals surface area (Å²) < 4.78 is 12.8. The van der Waals surface area contributed by atoms with Crippen molar-refractivity contribution in [3.05, 3.63) is 11.6 Å². The number of likely N-dealkylation sites (tertiary alicyclic amines) is 1. The van der Waals surface area contributed by atoms with E-state index >= 15 is 0 Å². The molecular weight excluding hydrogens is 435 g/mol. The van der Waals surface area contributed by atoms with E-state index in [0.29, 0.717) is 18.6 Å². The van der Waals surface area contributed by atoms with Crippen molar-refractivity contribution in [2.24, 2.45) is 17.5 Å². The molecule has 1 aromatic heterocycles. The molecule has 1 spiro atoms. The zero-order valence-electron chi connectivity index (χ0n) is 15.3. The first-order chi connectivity index (χ1) is 11.6. The molecule has 0 aliphatic carbocycles. The maximum Gasteiger partial charge on any atom is 0.194 e. The molecule has 8 nitrogen and oxygen atoms in total. The molecule has 1 unspecified atom stereocenters. The minimum Gasteiger partial charge on any atom is -0.383 e. The summed E-state index contributed by atoms with van der Waals surface area (Å²) in [4.78, 5) is 7.13. The summed E-state index contributed by atoms with van der Waals surface area (Å²) in [5.41, 5.74) is 0.311. The van der Waals surface area contributed by atoms with Gasteiger partial charge in [-0.05, 0) is 19.8 Å². The van der Waals surface area contributed by atoms with Crippen LogP contribution in [-0.4, -0.2) is 72.2 Å². The zero-order valence-corrected chi connectivity index (χ0v) is 17.7. The van der Waals surface area contributed by atoms with E-state index in [0.717, 1.165) is 56.9 Å². The number of aryl methyl sites for hydroxylation is 1. The normalized spacial score (nSPS) is 23.3. The molecule has 0 bridgehead atoms. The lowest BCUT2D eigenvalue weighted by Crippen LogP contribution is -2.42. The van der Waals surface area contributed by atoms with Crippen LogP contribution in [0.4, 0.5) is 0 Å². The third-order valence-corrected chi connectivity index (χ3v) is 5.07. The van der Waals surface area contributed by atoms with E-state index < -0.39 is 0 Å². The molecular formula is C16H29IN6O2. The third-order valence-electron chi connectivity index (χ3n) is 5.07. The highest BCUT2D eigenvalue weighted by molar-refractivity contribution is 14.0. The highest BCUT2D eigenvalue weighted by Crippen LogP contribution is 2.38. The summed E-state index contributed by atoms with van der Waals surface area (Å²) in [7, 11) is 3.68. The number of aliphatic imine (C=N–C) groups is 1. The predicted octanol–water partition coefficient (Wildman–Crippen LogP) is 0.946. The second-order valence-electron chi connectivity index (χ2n) is 6.76. The molecule has 0 amide bonds. The number of guanidine groups is 1. The van der Waals surface area contributed by atoms with Crippen LogP contribution in [0.3, 0.4) is 0 Å². The smallest absolute Gasteiger partial charge is 0.194 e. The van der Waals surface area contributed by atoms with Gasteiger partial charge in [0.2, 0.25) is 0 Å². The fourth-order valence-corrected chi connectivity index (χ4v) is 3.35. The van der Waals surface area contributed by atoms with Gasteiger partial charge in [0, 0.05) is 45.8 Å². The third kappa shape index (κ3) is 4.82. The second kappa shape index (κ2) is 9.13. The van der Waals surface area contributed by atoms with E-state index in [-0.39, 0.29) is 24.0 Å². The first-order valence-electron chi connectivity index (χ1n) is 8.58. The van der Waals surface area contributed by atoms with Gasteiger partial charge in [-0.2, -0.15) is 0 Å². The zero-order chi connectivity index (χ0) is 17.0. The Morgan fingerprint density at radius 3 is 2.88 bits per heavy atom. The Morgan fingerprint density at radius 1 is 1.40 bits per heavy atom. The van der Waals surface area contributed by atoms with Crippen molar-refractivity contribution in [2.45, 2.75) is 26.3 Å². The number of halogens is 1. The van der Waals surface area contributed by atoms with Crippen LogP contribution in [0, 0.1) is 12.3 Å². The molecule has 2 saturated heterocycles. The Bertz CT molecular complexity index is 585. The van der Waals surface area contributed by atoms with E-state index in [4.69, 9.17) is 14.5 Å². The second-order valence-corrected chi connectivity index (χ2v) is 6.76. The molecule has 2 fully saturated rings. The van der Waals surface area contributed by atoms with Crippen LogP contribution in [0.25, 0.3) is 0 Å². The summed E-state index contributed by atoms with van der Waals surface area (Å²) in [5.74, 6) is 2.70. The number of nitrogens with one attached hydrogen (secondary N) is 1. The van der Waals surface area contributed by atoms with E-state index in [2.05, 4.69) is 20.4 Å². The first-order valence-corrected chi connectivity index (χ1v) is 8.58. The summed E-state index contributed by atoms with van der Waals surface area (Å²) in [6.07, 6.45) is 2.32. The van der Waals surface area contributed by atoms with Gasteiger partial charge >= 0.3 is 0 Å². The summed E-state index contributed by atoms with van der Waals surface area (Å²) in [6, 6.07) is 0. The Labute approximate surface area is 166 Å². The van der Waals surface area contributed by atoms with Crippen molar-refractivity contribution in [3.63, 3.8) is 0 Å². The van der Waals surface area contributed by atoms with Crippen molar-refractivity contribution in [2.75, 3.05) is 46.6 Å². The number of aromatic nitrogens is 3. The van der Waals surface area contributed by atoms with Crippen LogP contribution in [-0.2, 0) is 23.1 Å². The SMILES string of the molecule is COCCNC(=NCc1nnc(C)n1C)N1CCC2(CCOC2)C1.I. The number of methoxy groups -OCH3 is 1. The molecule has 1 atom stereocenters. The molecule has 142 valence electrons. The van der Waals surface area contributed by atoms with Gasteiger partial charge < -0.3 is 24.3 Å². The highest BCUT2D eigenvalue weighted by Gasteiger charge is 2.42. The van der Waals surface area contributed by atoms with Crippen LogP contribution in [0.15, 0.2) is 4.99 Å². The predicted molar refractivity (Wildman–Crippen MR) is 106 cm³/mol. The molecule has 0 saturated carbocycles. The number of nitrogens with zero attached hydrogens (tertiary/aromatic N) is 5. The fraction of sp³-hybridized carbons (Fsp3) is 0.812. The standard InChI is InChI=1S/C16H28N6O2.HI/c1-13-19-20-14(21(13)2)10-18-15(17-6-9-23-3)22-7-4-16(11-22)5-8-24-12-16;/h4-12H2,1-3H3,(H,17,18);1H. The molecule has 0 aromatic carbocycles. The topological polar surface area (TPSA) is 76.8 Å². The number of hydrogen-bond donors (Lipinski definition) is 1. The van der Waals surface area contributed by atoms with Crippen molar-refractivity contribution in [3.8, 4) is 0 Å². The fourth-order valence-electron chi connectivity index (χ4n) is 3.35. The minimum atomic E-state index is 0. The lowest BCUT2D eigenvalue weighted by molar-refractivity contribution is 0.156. The summed E-state index contributed by atoms with van der Waals surface area (Å²) >= 11 is 0. The van der Waals surface area contributed by atoms with Gasteiger partial charge in [0.25, 0.3) is 0 Å². The highest BCUT2D eigenvalue weighted by atomic mass is 127. The molecule has 9 heteroatoms. The molecule has 1 aromatic rings. The van der Waals surface area contributed by atoms with E-state index in [1.165, 1.54) is 6.42 Å². The van der Waals surface area contributed by atoms with Gasteiger partial charge in [0.15, 0.2) is 11.8 Å². The van der Waals surface area contributed by atoms with E-state index in [9.17, 15) is 0 Å². The van der Waals surface area contributed by atoms with Crippen molar-refractivity contribution < 1.29 is 9.47 Å². The lowest BCUT2D eigenvalue weighted by atomic mass is 9.87. The van der Waals surface area contributed by atoms with Crippen LogP contribution in [0.1, 0.15) is 24.5 Å². The van der Waals surface area contributed by atoms with Crippen molar-refractivity contribution in [1.82, 2.24) is 25.0 Å². The molecule has 1 N–H and O–H groups in total. The maximum atomic E-state index is 5.63. The Hall–Kier alpha value is -0.940. The summed E-state index contributed by atoms with van der Waals surface area (Å²) in [5, 5.41) is 11.7. The van der Waals surface area contributed by atoms with Crippen LogP contribution in [0.5, 0.6) is 0 Å². The van der Waals surface area contributed by atoms with E-state index in [1.54, 1.807) is 7.11 Å². The van der Waals surface area contributed by atoms with Crippen LogP contribution >= 0.6 is 24.0 Å². The van der Waals surface area contributed by atoms with Gasteiger partial charge in [0.05, 0.1) is 13.2 Å². The van der Waals surface area contributed by atoms with Gasteiger partial charge in [0.1, 0.15) is 12.4 Å². The van der Waals surface area contributed by atoms with Crippen LogP contribution < -0.4 is 5.32 Å². The van der Waals surface area contributed by atoms with Gasteiger partial charge in [-0.1, -0.05) is 0 Å². The monoisotopic (exact) mass is 464 g/mol. The molecule has 0 radical (unpaired) electrons. The van der Waals surface area contributed by atoms with Crippen molar-refractivity contribution >= 4 is 29.9 Å². The number of ether oxygens (including phenoxy) is 2. The lowest BCUT2D eigenvalue weighted by Gasteiger charge is -2.25. The Balaban J connectivity index is 0.00000225. The molecule has 2 aliphatic rings. The molecule has 2 aliphatic heterocycles. The molecule has 3 heterocycles. The largest absolute Gasteiger partial charge is 0.383 e. The van der Waals surface area contributed by atoms with E-state index in [1.807, 2.05) is 18.5 Å². The maximum absolute atomic E-state index is 5.63. The van der Waals surface area contributed by atoms with Gasteiger partial charge in [-0.3, -0.25) is 0 Å². The van der Waals surface area contributed by atoms with Crippen LogP contribution in [0.2, 0.25) is 0 Å². The first kappa shape index (κ1) is 20.4. The number of hydrogen-bond acceptors (Lipinski definition) is 5. The minimum absolute atomic E-state index is 0. The Kier molecular flexibility index (Phi) is 7.44. The molecule has 3 rings (SSSR count). The van der Waals surface area contributed by atoms with Crippen molar-refractivity contribution in [1.29, 1.82) is 0 Å². The summed E-state index contributed by atoms with van der Waals surface area (Å²) in [6.45, 7) is 7.64. The average Bonchev–Trinajstić information content (AvgIpc) is 3.29. The van der Waals surface area contributed by atoms with Gasteiger partial charge in [-0.25, -0.2) is 4.99 Å². The molecule has 25 heavy (non-hydrogen) atoms.